The lowest BCUT2D eigenvalue weighted by Gasteiger charge is -2.36. The predicted molar refractivity (Wildman–Crippen MR) is 103 cm³/mol. The Balaban J connectivity index is 1.94. The first-order valence-electron chi connectivity index (χ1n) is 9.82. The fourth-order valence-corrected chi connectivity index (χ4v) is 6.58. The van der Waals surface area contributed by atoms with Crippen molar-refractivity contribution in [3.05, 3.63) is 11.1 Å². The second-order valence-electron chi connectivity index (χ2n) is 7.54. The highest BCUT2D eigenvalue weighted by Gasteiger charge is 2.44. The molecule has 0 aliphatic carbocycles. The first kappa shape index (κ1) is 20.2. The summed E-state index contributed by atoms with van der Waals surface area (Å²) < 4.78 is 45.7. The van der Waals surface area contributed by atoms with Gasteiger partial charge in [-0.1, -0.05) is 6.42 Å². The number of methoxy groups -OCH3 is 1. The van der Waals surface area contributed by atoms with Gasteiger partial charge < -0.3 is 24.2 Å². The molecule has 0 spiro atoms. The van der Waals surface area contributed by atoms with Crippen molar-refractivity contribution >= 4 is 15.9 Å². The Labute approximate surface area is 170 Å². The van der Waals surface area contributed by atoms with Crippen LogP contribution >= 0.6 is 0 Å². The van der Waals surface area contributed by atoms with Gasteiger partial charge in [0.2, 0.25) is 22.6 Å². The molecule has 0 saturated carbocycles. The fraction of sp³-hybridized carbons (Fsp3) is 0.632. The minimum Gasteiger partial charge on any atom is -0.492 e. The number of aliphatic hydroxyl groups is 1. The van der Waals surface area contributed by atoms with E-state index in [4.69, 9.17) is 14.2 Å². The Bertz CT molecular complexity index is 929. The van der Waals surface area contributed by atoms with Crippen molar-refractivity contribution in [2.75, 3.05) is 40.6 Å². The summed E-state index contributed by atoms with van der Waals surface area (Å²) in [6.07, 6.45) is 3.11. The van der Waals surface area contributed by atoms with E-state index in [1.54, 1.807) is 11.9 Å². The number of hydrogen-bond acceptors (Lipinski definition) is 7. The van der Waals surface area contributed by atoms with Gasteiger partial charge in [-0.3, -0.25) is 4.79 Å². The van der Waals surface area contributed by atoms with Crippen molar-refractivity contribution in [3.63, 3.8) is 0 Å². The van der Waals surface area contributed by atoms with Crippen LogP contribution in [0.25, 0.3) is 0 Å². The minimum absolute atomic E-state index is 0.00656. The molecule has 10 heteroatoms. The molecule has 4 rings (SSSR count). The van der Waals surface area contributed by atoms with Crippen LogP contribution in [0.5, 0.6) is 17.2 Å². The number of amides is 1. The Morgan fingerprint density at radius 3 is 2.69 bits per heavy atom. The highest BCUT2D eigenvalue weighted by Crippen LogP contribution is 2.52. The third kappa shape index (κ3) is 3.13. The summed E-state index contributed by atoms with van der Waals surface area (Å²) in [5.74, 6) is 0.187. The lowest BCUT2D eigenvalue weighted by Crippen LogP contribution is -2.45. The zero-order valence-corrected chi connectivity index (χ0v) is 17.5. The number of carbonyl (C=O) groups excluding carboxylic acids is 1. The first-order valence-corrected chi connectivity index (χ1v) is 11.3. The molecule has 9 nitrogen and oxygen atoms in total. The van der Waals surface area contributed by atoms with Crippen molar-refractivity contribution < 1.29 is 32.5 Å². The monoisotopic (exact) mass is 426 g/mol. The zero-order valence-electron chi connectivity index (χ0n) is 16.6. The Kier molecular flexibility index (Phi) is 5.34. The molecule has 3 aliphatic rings. The van der Waals surface area contributed by atoms with Crippen molar-refractivity contribution in [2.45, 2.75) is 43.0 Å². The van der Waals surface area contributed by atoms with Crippen molar-refractivity contribution in [2.24, 2.45) is 0 Å². The molecular formula is C19H26N2O7S. The van der Waals surface area contributed by atoms with Crippen LogP contribution in [0.4, 0.5) is 0 Å². The van der Waals surface area contributed by atoms with E-state index in [1.807, 2.05) is 0 Å². The molecule has 1 amide bonds. The molecule has 1 aromatic carbocycles. The quantitative estimate of drug-likeness (QED) is 0.748. The van der Waals surface area contributed by atoms with E-state index in [-0.39, 0.29) is 53.1 Å². The smallest absolute Gasteiger partial charge is 0.257 e. The molecule has 0 bridgehead atoms. The van der Waals surface area contributed by atoms with Crippen LogP contribution in [-0.2, 0) is 16.4 Å². The molecule has 1 saturated heterocycles. The number of rotatable bonds is 5. The summed E-state index contributed by atoms with van der Waals surface area (Å²) in [4.78, 5) is 14.5. The topological polar surface area (TPSA) is 106 Å². The molecule has 0 radical (unpaired) electrons. The highest BCUT2D eigenvalue weighted by molar-refractivity contribution is 7.89. The van der Waals surface area contributed by atoms with Gasteiger partial charge in [0.25, 0.3) is 5.91 Å². The normalized spacial score (nSPS) is 22.0. The molecule has 1 fully saturated rings. The van der Waals surface area contributed by atoms with E-state index in [0.29, 0.717) is 37.9 Å². The summed E-state index contributed by atoms with van der Waals surface area (Å²) in [7, 11) is -0.877. The SMILES string of the molecule is COc1c2c(c(S(=O)(=O)N3CCCCC3CCO)c3c1C(=O)N(C)CC3)OCO2. The van der Waals surface area contributed by atoms with E-state index in [0.717, 1.165) is 12.8 Å². The highest BCUT2D eigenvalue weighted by atomic mass is 32.2. The number of carbonyl (C=O) groups is 1. The summed E-state index contributed by atoms with van der Waals surface area (Å²) in [5, 5.41) is 9.42. The van der Waals surface area contributed by atoms with Gasteiger partial charge in [-0.2, -0.15) is 4.31 Å². The van der Waals surface area contributed by atoms with Crippen LogP contribution in [0.15, 0.2) is 4.90 Å². The Morgan fingerprint density at radius 1 is 1.21 bits per heavy atom. The van der Waals surface area contributed by atoms with Gasteiger partial charge in [-0.15, -0.1) is 0 Å². The Morgan fingerprint density at radius 2 is 1.97 bits per heavy atom. The van der Waals surface area contributed by atoms with E-state index in [1.165, 1.54) is 11.4 Å². The number of benzene rings is 1. The average Bonchev–Trinajstić information content (AvgIpc) is 3.18. The van der Waals surface area contributed by atoms with Gasteiger partial charge in [0.1, 0.15) is 4.90 Å². The van der Waals surface area contributed by atoms with Crippen molar-refractivity contribution in [3.8, 4) is 17.2 Å². The van der Waals surface area contributed by atoms with Gasteiger partial charge >= 0.3 is 0 Å². The second kappa shape index (κ2) is 7.66. The van der Waals surface area contributed by atoms with Crippen LogP contribution in [0.3, 0.4) is 0 Å². The first-order chi connectivity index (χ1) is 13.9. The Hall–Kier alpha value is -2.04. The maximum atomic E-state index is 13.8. The maximum absolute atomic E-state index is 13.8. The molecular weight excluding hydrogens is 400 g/mol. The van der Waals surface area contributed by atoms with Crippen molar-refractivity contribution in [1.29, 1.82) is 0 Å². The van der Waals surface area contributed by atoms with E-state index < -0.39 is 10.0 Å². The van der Waals surface area contributed by atoms with Crippen LogP contribution in [0.1, 0.15) is 41.6 Å². The molecule has 1 N–H and O–H groups in total. The third-order valence-corrected chi connectivity index (χ3v) is 7.94. The lowest BCUT2D eigenvalue weighted by atomic mass is 9.97. The standard InChI is InChI=1S/C19H26N2O7S/c1-20-9-6-13-14(19(20)23)15(26-2)16-17(28-11-27-16)18(13)29(24,25)21-8-4-3-5-12(21)7-10-22/h12,22H,3-11H2,1-2H3. The van der Waals surface area contributed by atoms with Gasteiger partial charge in [0.05, 0.1) is 12.7 Å². The van der Waals surface area contributed by atoms with E-state index in [2.05, 4.69) is 0 Å². The minimum atomic E-state index is -3.98. The summed E-state index contributed by atoms with van der Waals surface area (Å²) in [5.41, 5.74) is 0.641. The lowest BCUT2D eigenvalue weighted by molar-refractivity contribution is 0.0775. The summed E-state index contributed by atoms with van der Waals surface area (Å²) in [6, 6.07) is -0.281. The number of aliphatic hydroxyl groups excluding tert-OH is 1. The second-order valence-corrected chi connectivity index (χ2v) is 9.36. The number of nitrogens with zero attached hydrogens (tertiary/aromatic N) is 2. The van der Waals surface area contributed by atoms with Crippen molar-refractivity contribution in [1.82, 2.24) is 9.21 Å². The van der Waals surface area contributed by atoms with Gasteiger partial charge in [0.15, 0.2) is 11.5 Å². The number of likely N-dealkylation sites (N-methyl/N-ethyl adjacent to an activating group) is 1. The van der Waals surface area contributed by atoms with Crippen LogP contribution in [0.2, 0.25) is 0 Å². The van der Waals surface area contributed by atoms with Gasteiger partial charge in [0, 0.05) is 32.8 Å². The third-order valence-electron chi connectivity index (χ3n) is 5.89. The fourth-order valence-electron chi connectivity index (χ4n) is 4.47. The molecule has 1 aromatic rings. The number of fused-ring (bicyclic) bond motifs is 2. The van der Waals surface area contributed by atoms with E-state index in [9.17, 15) is 18.3 Å². The molecule has 0 aromatic heterocycles. The number of sulfonamides is 1. The molecule has 160 valence electrons. The molecule has 3 heterocycles. The van der Waals surface area contributed by atoms with Gasteiger partial charge in [-0.25, -0.2) is 8.42 Å². The largest absolute Gasteiger partial charge is 0.492 e. The maximum Gasteiger partial charge on any atom is 0.257 e. The predicted octanol–water partition coefficient (Wildman–Crippen LogP) is 0.978. The molecule has 1 atom stereocenters. The molecule has 3 aliphatic heterocycles. The summed E-state index contributed by atoms with van der Waals surface area (Å²) >= 11 is 0. The zero-order chi connectivity index (χ0) is 20.8. The number of ether oxygens (including phenoxy) is 3. The van der Waals surface area contributed by atoms with E-state index >= 15 is 0 Å². The van der Waals surface area contributed by atoms with Crippen LogP contribution in [-0.4, -0.2) is 75.3 Å². The molecule has 1 unspecified atom stereocenters. The molecule has 29 heavy (non-hydrogen) atoms. The summed E-state index contributed by atoms with van der Waals surface area (Å²) in [6.45, 7) is 0.550. The van der Waals surface area contributed by atoms with Crippen LogP contribution in [0, 0.1) is 0 Å². The average molecular weight is 426 g/mol. The number of piperidine rings is 1. The number of hydrogen-bond donors (Lipinski definition) is 1. The van der Waals surface area contributed by atoms with Gasteiger partial charge in [-0.05, 0) is 31.2 Å². The van der Waals surface area contributed by atoms with Crippen LogP contribution < -0.4 is 14.2 Å².